The number of nitrogens with one attached hydrogen (secondary N) is 1. The number of carbonyl (C=O) groups excluding carboxylic acids is 3. The number of benzene rings is 1. The Balaban J connectivity index is 1.23. The molecule has 3 fully saturated rings. The molecule has 174 valence electrons. The van der Waals surface area contributed by atoms with Gasteiger partial charge in [-0.05, 0) is 55.7 Å². The first-order valence-electron chi connectivity index (χ1n) is 12.9. The Kier molecular flexibility index (Phi) is 7.64. The fourth-order valence-corrected chi connectivity index (χ4v) is 6.21. The maximum Gasteiger partial charge on any atom is 0.237 e. The molecule has 5 nitrogen and oxygen atoms in total. The van der Waals surface area contributed by atoms with E-state index in [4.69, 9.17) is 0 Å². The average Bonchev–Trinajstić information content (AvgIpc) is 3.46. The highest BCUT2D eigenvalue weighted by Gasteiger charge is 2.61. The number of hydrogen-bond acceptors (Lipinski definition) is 3. The van der Waals surface area contributed by atoms with Crippen LogP contribution in [-0.4, -0.2) is 17.7 Å². The van der Waals surface area contributed by atoms with Gasteiger partial charge in [0.2, 0.25) is 17.7 Å². The smallest absolute Gasteiger partial charge is 0.237 e. The zero-order chi connectivity index (χ0) is 22.5. The Hall–Kier alpha value is -2.17. The van der Waals surface area contributed by atoms with E-state index in [0.717, 1.165) is 32.1 Å². The molecule has 0 radical (unpaired) electrons. The minimum Gasteiger partial charge on any atom is -0.326 e. The SMILES string of the molecule is CCCCCCCCCCCC(=O)Nc1cccc(N2C(=O)[C@@H]3[C@H]4CC[C@@H](C4)[C@H]3C2=O)c1. The number of rotatable bonds is 12. The number of amides is 3. The van der Waals surface area contributed by atoms with Gasteiger partial charge in [-0.1, -0.05) is 64.4 Å². The number of nitrogens with zero attached hydrogens (tertiary/aromatic N) is 1. The fraction of sp³-hybridized carbons (Fsp3) is 0.667. The summed E-state index contributed by atoms with van der Waals surface area (Å²) in [6.07, 6.45) is 14.7. The van der Waals surface area contributed by atoms with Crippen molar-refractivity contribution in [3.05, 3.63) is 24.3 Å². The molecule has 0 aromatic heterocycles. The third-order valence-electron chi connectivity index (χ3n) is 7.82. The van der Waals surface area contributed by atoms with Gasteiger partial charge < -0.3 is 5.32 Å². The van der Waals surface area contributed by atoms with Crippen LogP contribution in [0.15, 0.2) is 24.3 Å². The van der Waals surface area contributed by atoms with Gasteiger partial charge in [0.1, 0.15) is 0 Å². The number of fused-ring (bicyclic) bond motifs is 5. The van der Waals surface area contributed by atoms with Crippen molar-refractivity contribution in [1.29, 1.82) is 0 Å². The van der Waals surface area contributed by atoms with E-state index < -0.39 is 0 Å². The van der Waals surface area contributed by atoms with Crippen LogP contribution in [0.4, 0.5) is 11.4 Å². The molecule has 1 N–H and O–H groups in total. The highest BCUT2D eigenvalue weighted by molar-refractivity contribution is 6.22. The fourth-order valence-electron chi connectivity index (χ4n) is 6.21. The van der Waals surface area contributed by atoms with Crippen LogP contribution in [0, 0.1) is 23.7 Å². The Morgan fingerprint density at radius 2 is 1.50 bits per heavy atom. The topological polar surface area (TPSA) is 66.5 Å². The zero-order valence-corrected chi connectivity index (χ0v) is 19.5. The van der Waals surface area contributed by atoms with E-state index in [1.165, 1.54) is 49.8 Å². The minimum absolute atomic E-state index is 0.000848. The Labute approximate surface area is 192 Å². The summed E-state index contributed by atoms with van der Waals surface area (Å²) in [7, 11) is 0. The van der Waals surface area contributed by atoms with Crippen LogP contribution in [0.3, 0.4) is 0 Å². The van der Waals surface area contributed by atoms with Crippen LogP contribution >= 0.6 is 0 Å². The molecule has 2 saturated carbocycles. The molecule has 4 rings (SSSR count). The van der Waals surface area contributed by atoms with E-state index in [1.807, 2.05) is 12.1 Å². The second-order valence-electron chi connectivity index (χ2n) is 10.1. The molecule has 4 atom stereocenters. The van der Waals surface area contributed by atoms with Crippen molar-refractivity contribution in [2.75, 3.05) is 10.2 Å². The van der Waals surface area contributed by atoms with Crippen LogP contribution in [0.25, 0.3) is 0 Å². The van der Waals surface area contributed by atoms with Crippen molar-refractivity contribution >= 4 is 29.1 Å². The van der Waals surface area contributed by atoms with Gasteiger partial charge in [0.25, 0.3) is 0 Å². The molecule has 2 aliphatic carbocycles. The highest BCUT2D eigenvalue weighted by Crippen LogP contribution is 2.56. The van der Waals surface area contributed by atoms with E-state index in [1.54, 1.807) is 12.1 Å². The molecule has 1 aliphatic heterocycles. The molecule has 1 saturated heterocycles. The molecule has 1 heterocycles. The Bertz CT molecular complexity index is 808. The third kappa shape index (κ3) is 4.92. The second kappa shape index (κ2) is 10.6. The summed E-state index contributed by atoms with van der Waals surface area (Å²) in [6, 6.07) is 7.21. The van der Waals surface area contributed by atoms with E-state index in [-0.39, 0.29) is 29.6 Å². The van der Waals surface area contributed by atoms with Crippen molar-refractivity contribution in [1.82, 2.24) is 0 Å². The monoisotopic (exact) mass is 438 g/mol. The first-order chi connectivity index (χ1) is 15.6. The summed E-state index contributed by atoms with van der Waals surface area (Å²) in [5.74, 6) is 0.448. The van der Waals surface area contributed by atoms with Crippen LogP contribution in [0.2, 0.25) is 0 Å². The largest absolute Gasteiger partial charge is 0.326 e. The summed E-state index contributed by atoms with van der Waals surface area (Å²) in [6.45, 7) is 2.24. The number of hydrogen-bond donors (Lipinski definition) is 1. The van der Waals surface area contributed by atoms with Crippen molar-refractivity contribution in [2.24, 2.45) is 23.7 Å². The molecule has 0 unspecified atom stereocenters. The Morgan fingerprint density at radius 1 is 0.906 bits per heavy atom. The summed E-state index contributed by atoms with van der Waals surface area (Å²) in [4.78, 5) is 39.8. The predicted molar refractivity (Wildman–Crippen MR) is 127 cm³/mol. The lowest BCUT2D eigenvalue weighted by molar-refractivity contribution is -0.123. The molecular formula is C27H38N2O3. The molecule has 1 aromatic carbocycles. The number of anilines is 2. The minimum atomic E-state index is -0.119. The molecule has 0 spiro atoms. The normalized spacial score (nSPS) is 26.1. The third-order valence-corrected chi connectivity index (χ3v) is 7.82. The summed E-state index contributed by atoms with van der Waals surface area (Å²) in [5.41, 5.74) is 1.25. The van der Waals surface area contributed by atoms with Crippen molar-refractivity contribution in [3.63, 3.8) is 0 Å². The summed E-state index contributed by atoms with van der Waals surface area (Å²) in [5, 5.41) is 2.95. The zero-order valence-electron chi connectivity index (χ0n) is 19.5. The van der Waals surface area contributed by atoms with E-state index in [0.29, 0.717) is 29.6 Å². The molecule has 5 heteroatoms. The van der Waals surface area contributed by atoms with Crippen LogP contribution < -0.4 is 10.2 Å². The standard InChI is InChI=1S/C27H38N2O3/c1-2-3-4-5-6-7-8-9-10-14-23(30)28-21-12-11-13-22(18-21)29-26(31)24-19-15-16-20(17-19)25(24)27(29)32/h11-13,18-20,24-25H,2-10,14-17H2,1H3,(H,28,30)/t19-,20-,24+,25+/m0/s1. The van der Waals surface area contributed by atoms with Crippen molar-refractivity contribution in [3.8, 4) is 0 Å². The highest BCUT2D eigenvalue weighted by atomic mass is 16.2. The molecule has 1 aromatic rings. The van der Waals surface area contributed by atoms with E-state index in [9.17, 15) is 14.4 Å². The Morgan fingerprint density at radius 3 is 2.12 bits per heavy atom. The van der Waals surface area contributed by atoms with Gasteiger partial charge in [0, 0.05) is 12.1 Å². The number of imide groups is 1. The molecule has 3 amide bonds. The first-order valence-corrected chi connectivity index (χ1v) is 12.9. The van der Waals surface area contributed by atoms with Crippen LogP contribution in [0.5, 0.6) is 0 Å². The van der Waals surface area contributed by atoms with E-state index >= 15 is 0 Å². The summed E-state index contributed by atoms with van der Waals surface area (Å²) < 4.78 is 0. The lowest BCUT2D eigenvalue weighted by Gasteiger charge is -2.19. The van der Waals surface area contributed by atoms with Gasteiger partial charge in [-0.25, -0.2) is 4.90 Å². The lowest BCUT2D eigenvalue weighted by Crippen LogP contribution is -2.32. The molecule has 3 aliphatic rings. The molecular weight excluding hydrogens is 400 g/mol. The quantitative estimate of drug-likeness (QED) is 0.318. The van der Waals surface area contributed by atoms with Gasteiger partial charge >= 0.3 is 0 Å². The maximum atomic E-state index is 13.0. The van der Waals surface area contributed by atoms with Gasteiger partial charge in [-0.15, -0.1) is 0 Å². The van der Waals surface area contributed by atoms with Gasteiger partial charge in [-0.3, -0.25) is 14.4 Å². The maximum absolute atomic E-state index is 13.0. The lowest BCUT2D eigenvalue weighted by atomic mass is 9.81. The van der Waals surface area contributed by atoms with Crippen LogP contribution in [0.1, 0.15) is 90.4 Å². The van der Waals surface area contributed by atoms with Gasteiger partial charge in [0.15, 0.2) is 0 Å². The van der Waals surface area contributed by atoms with Crippen LogP contribution in [-0.2, 0) is 14.4 Å². The number of unbranched alkanes of at least 4 members (excludes halogenated alkanes) is 8. The second-order valence-corrected chi connectivity index (χ2v) is 10.1. The number of carbonyl (C=O) groups is 3. The van der Waals surface area contributed by atoms with E-state index in [2.05, 4.69) is 12.2 Å². The average molecular weight is 439 g/mol. The van der Waals surface area contributed by atoms with Crippen molar-refractivity contribution < 1.29 is 14.4 Å². The molecule has 32 heavy (non-hydrogen) atoms. The summed E-state index contributed by atoms with van der Waals surface area (Å²) >= 11 is 0. The predicted octanol–water partition coefficient (Wildman–Crippen LogP) is 6.08. The van der Waals surface area contributed by atoms with Crippen molar-refractivity contribution in [2.45, 2.75) is 90.4 Å². The van der Waals surface area contributed by atoms with Gasteiger partial charge in [-0.2, -0.15) is 0 Å². The first kappa shape index (κ1) is 23.0. The molecule has 2 bridgehead atoms. The van der Waals surface area contributed by atoms with Gasteiger partial charge in [0.05, 0.1) is 17.5 Å².